The van der Waals surface area contributed by atoms with E-state index in [0.29, 0.717) is 6.04 Å². The summed E-state index contributed by atoms with van der Waals surface area (Å²) in [7, 11) is 0. The van der Waals surface area contributed by atoms with E-state index in [2.05, 4.69) is 27.7 Å². The molecule has 0 radical (unpaired) electrons. The molecule has 1 unspecified atom stereocenters. The zero-order valence-corrected chi connectivity index (χ0v) is 12.9. The Kier molecular flexibility index (Phi) is 3.43. The van der Waals surface area contributed by atoms with Gasteiger partial charge in [-0.05, 0) is 73.3 Å². The van der Waals surface area contributed by atoms with Crippen molar-refractivity contribution < 1.29 is 4.79 Å². The van der Waals surface area contributed by atoms with Gasteiger partial charge in [0.1, 0.15) is 0 Å². The van der Waals surface area contributed by atoms with E-state index in [1.54, 1.807) is 11.3 Å². The number of fused-ring (bicyclic) bond motifs is 5. The Labute approximate surface area is 128 Å². The van der Waals surface area contributed by atoms with Gasteiger partial charge in [-0.1, -0.05) is 0 Å². The highest BCUT2D eigenvalue weighted by atomic mass is 32.1. The van der Waals surface area contributed by atoms with Gasteiger partial charge in [-0.2, -0.15) is 0 Å². The molecule has 3 aliphatic rings. The van der Waals surface area contributed by atoms with E-state index in [9.17, 15) is 4.79 Å². The molecule has 3 aliphatic heterocycles. The predicted octanol–water partition coefficient (Wildman–Crippen LogP) is 3.12. The van der Waals surface area contributed by atoms with Crippen molar-refractivity contribution in [1.82, 2.24) is 10.2 Å². The summed E-state index contributed by atoms with van der Waals surface area (Å²) in [6.45, 7) is 3.43. The number of benzene rings is 1. The Morgan fingerprint density at radius 2 is 2.10 bits per heavy atom. The highest BCUT2D eigenvalue weighted by molar-refractivity contribution is 7.17. The monoisotopic (exact) mass is 300 g/mol. The van der Waals surface area contributed by atoms with Gasteiger partial charge in [0.2, 0.25) is 0 Å². The second-order valence-electron chi connectivity index (χ2n) is 6.32. The third-order valence-electron chi connectivity index (χ3n) is 4.85. The maximum atomic E-state index is 12.5. The van der Waals surface area contributed by atoms with Crippen LogP contribution in [0.2, 0.25) is 0 Å². The lowest BCUT2D eigenvalue weighted by molar-refractivity contribution is 0.0929. The Hall–Kier alpha value is -1.39. The van der Waals surface area contributed by atoms with E-state index in [-0.39, 0.29) is 5.91 Å². The molecule has 3 saturated heterocycles. The molecule has 0 aliphatic carbocycles. The molecule has 5 rings (SSSR count). The fourth-order valence-corrected chi connectivity index (χ4v) is 4.45. The molecule has 1 amide bonds. The Bertz CT molecular complexity index is 644. The maximum Gasteiger partial charge on any atom is 0.251 e. The van der Waals surface area contributed by atoms with Crippen molar-refractivity contribution in [1.29, 1.82) is 0 Å². The number of hydrogen-bond donors (Lipinski definition) is 1. The molecular weight excluding hydrogens is 280 g/mol. The lowest BCUT2D eigenvalue weighted by Gasteiger charge is -2.26. The van der Waals surface area contributed by atoms with Gasteiger partial charge < -0.3 is 10.2 Å². The third-order valence-corrected chi connectivity index (χ3v) is 5.75. The minimum absolute atomic E-state index is 0.0793. The second kappa shape index (κ2) is 5.43. The number of nitrogens with one attached hydrogen (secondary N) is 1. The maximum absolute atomic E-state index is 12.5. The summed E-state index contributed by atoms with van der Waals surface area (Å²) < 4.78 is 1.24. The quantitative estimate of drug-likeness (QED) is 0.924. The fourth-order valence-electron chi connectivity index (χ4n) is 3.67. The standard InChI is InChI=1S/C17H20N2OS/c20-17(14-1-2-16-13(10-14)5-8-21-16)18-15-9-12-3-6-19(11-15)7-4-12/h1-2,5,8,10,12,15H,3-4,6-7,9,11H2,(H,18,20). The van der Waals surface area contributed by atoms with E-state index in [1.165, 1.54) is 30.6 Å². The van der Waals surface area contributed by atoms with Crippen LogP contribution in [0, 0.1) is 5.92 Å². The number of piperidine rings is 1. The molecule has 2 aromatic rings. The van der Waals surface area contributed by atoms with Crippen molar-refractivity contribution in [3.63, 3.8) is 0 Å². The number of carbonyl (C=O) groups excluding carboxylic acids is 1. The molecule has 3 nitrogen and oxygen atoms in total. The van der Waals surface area contributed by atoms with E-state index in [1.807, 2.05) is 12.1 Å². The van der Waals surface area contributed by atoms with Gasteiger partial charge in [0.25, 0.3) is 5.91 Å². The molecule has 110 valence electrons. The summed E-state index contributed by atoms with van der Waals surface area (Å²) in [5, 5.41) is 6.49. The molecule has 0 saturated carbocycles. The highest BCUT2D eigenvalue weighted by Gasteiger charge is 2.29. The Morgan fingerprint density at radius 1 is 1.24 bits per heavy atom. The zero-order chi connectivity index (χ0) is 14.2. The number of thiophene rings is 1. The van der Waals surface area contributed by atoms with Gasteiger partial charge in [0.05, 0.1) is 0 Å². The van der Waals surface area contributed by atoms with Crippen LogP contribution in [0.1, 0.15) is 29.6 Å². The summed E-state index contributed by atoms with van der Waals surface area (Å²) in [4.78, 5) is 15.0. The molecule has 1 aromatic carbocycles. The van der Waals surface area contributed by atoms with Crippen molar-refractivity contribution in [2.24, 2.45) is 5.92 Å². The number of rotatable bonds is 2. The molecule has 4 heteroatoms. The molecule has 1 aromatic heterocycles. The largest absolute Gasteiger partial charge is 0.348 e. The normalized spacial score (nSPS) is 28.5. The van der Waals surface area contributed by atoms with Gasteiger partial charge >= 0.3 is 0 Å². The van der Waals surface area contributed by atoms with Gasteiger partial charge in [0, 0.05) is 22.8 Å². The first-order chi connectivity index (χ1) is 10.3. The summed E-state index contributed by atoms with van der Waals surface area (Å²) in [6, 6.07) is 8.39. The summed E-state index contributed by atoms with van der Waals surface area (Å²) in [6.07, 6.45) is 3.74. The summed E-state index contributed by atoms with van der Waals surface area (Å²) in [5.74, 6) is 0.879. The first kappa shape index (κ1) is 13.3. The van der Waals surface area contributed by atoms with E-state index in [4.69, 9.17) is 0 Å². The number of hydrogen-bond acceptors (Lipinski definition) is 3. The van der Waals surface area contributed by atoms with Crippen molar-refractivity contribution in [3.05, 3.63) is 35.2 Å². The SMILES string of the molecule is O=C(NC1CC2CCN(CC2)C1)c1ccc2sccc2c1. The first-order valence-electron chi connectivity index (χ1n) is 7.78. The van der Waals surface area contributed by atoms with Crippen LogP contribution in [0.4, 0.5) is 0 Å². The van der Waals surface area contributed by atoms with Crippen LogP contribution in [0.15, 0.2) is 29.6 Å². The number of amides is 1. The molecular formula is C17H20N2OS. The van der Waals surface area contributed by atoms with E-state index in [0.717, 1.165) is 29.8 Å². The lowest BCUT2D eigenvalue weighted by atomic mass is 9.94. The average Bonchev–Trinajstić information content (AvgIpc) is 2.78. The molecule has 3 fully saturated rings. The number of carbonyl (C=O) groups is 1. The fraction of sp³-hybridized carbons (Fsp3) is 0.471. The average molecular weight is 300 g/mol. The third kappa shape index (κ3) is 2.70. The summed E-state index contributed by atoms with van der Waals surface area (Å²) in [5.41, 5.74) is 0.785. The first-order valence-corrected chi connectivity index (χ1v) is 8.66. The minimum atomic E-state index is 0.0793. The Morgan fingerprint density at radius 3 is 2.95 bits per heavy atom. The van der Waals surface area contributed by atoms with Crippen molar-refractivity contribution in [3.8, 4) is 0 Å². The van der Waals surface area contributed by atoms with Crippen LogP contribution in [-0.4, -0.2) is 36.5 Å². The molecule has 1 N–H and O–H groups in total. The zero-order valence-electron chi connectivity index (χ0n) is 12.0. The van der Waals surface area contributed by atoms with Crippen LogP contribution >= 0.6 is 11.3 Å². The predicted molar refractivity (Wildman–Crippen MR) is 86.9 cm³/mol. The topological polar surface area (TPSA) is 32.3 Å². The molecule has 4 heterocycles. The molecule has 2 bridgehead atoms. The van der Waals surface area contributed by atoms with E-state index < -0.39 is 0 Å². The summed E-state index contributed by atoms with van der Waals surface area (Å²) >= 11 is 1.72. The lowest BCUT2D eigenvalue weighted by Crippen LogP contribution is -2.41. The smallest absolute Gasteiger partial charge is 0.251 e. The van der Waals surface area contributed by atoms with Gasteiger partial charge in [-0.3, -0.25) is 4.79 Å². The van der Waals surface area contributed by atoms with Crippen LogP contribution < -0.4 is 5.32 Å². The van der Waals surface area contributed by atoms with Crippen LogP contribution in [-0.2, 0) is 0 Å². The van der Waals surface area contributed by atoms with Crippen molar-refractivity contribution in [2.45, 2.75) is 25.3 Å². The molecule has 1 atom stereocenters. The van der Waals surface area contributed by atoms with Crippen LogP contribution in [0.25, 0.3) is 10.1 Å². The highest BCUT2D eigenvalue weighted by Crippen LogP contribution is 2.27. The van der Waals surface area contributed by atoms with Crippen LogP contribution in [0.5, 0.6) is 0 Å². The molecule has 21 heavy (non-hydrogen) atoms. The van der Waals surface area contributed by atoms with Crippen molar-refractivity contribution in [2.75, 3.05) is 19.6 Å². The van der Waals surface area contributed by atoms with Crippen LogP contribution in [0.3, 0.4) is 0 Å². The van der Waals surface area contributed by atoms with Gasteiger partial charge in [-0.15, -0.1) is 11.3 Å². The molecule has 0 spiro atoms. The van der Waals surface area contributed by atoms with E-state index >= 15 is 0 Å². The minimum Gasteiger partial charge on any atom is -0.348 e. The van der Waals surface area contributed by atoms with Gasteiger partial charge in [-0.25, -0.2) is 0 Å². The Balaban J connectivity index is 1.49. The number of nitrogens with zero attached hydrogens (tertiary/aromatic N) is 1. The van der Waals surface area contributed by atoms with Gasteiger partial charge in [0.15, 0.2) is 0 Å². The second-order valence-corrected chi connectivity index (χ2v) is 7.27. The van der Waals surface area contributed by atoms with Crippen molar-refractivity contribution >= 4 is 27.3 Å².